The van der Waals surface area contributed by atoms with E-state index >= 15 is 0 Å². The highest BCUT2D eigenvalue weighted by molar-refractivity contribution is 6.18. The van der Waals surface area contributed by atoms with Gasteiger partial charge in [-0.05, 0) is 36.5 Å². The third-order valence-electron chi connectivity index (χ3n) is 3.95. The molecule has 0 bridgehead atoms. The van der Waals surface area contributed by atoms with Gasteiger partial charge in [0.05, 0.1) is 11.0 Å². The van der Waals surface area contributed by atoms with E-state index < -0.39 is 0 Å². The van der Waals surface area contributed by atoms with Crippen LogP contribution in [0.4, 0.5) is 0 Å². The van der Waals surface area contributed by atoms with E-state index in [-0.39, 0.29) is 0 Å². The Kier molecular flexibility index (Phi) is 3.90. The molecule has 0 N–H and O–H groups in total. The van der Waals surface area contributed by atoms with E-state index in [9.17, 15) is 0 Å². The normalized spacial score (nSPS) is 11.9. The molecular weight excluding hydrogens is 280 g/mol. The number of nitrogens with zero attached hydrogens (tertiary/aromatic N) is 2. The molecule has 3 rings (SSSR count). The third kappa shape index (κ3) is 2.42. The topological polar surface area (TPSA) is 17.3 Å². The molecular formula is C18H21ClN2. The molecule has 0 aliphatic carbocycles. The van der Waals surface area contributed by atoms with Crippen molar-refractivity contribution in [3.05, 3.63) is 47.4 Å². The third-order valence-corrected chi connectivity index (χ3v) is 4.14. The standard InChI is InChI=1S/C18H21ClN2/c1-12(2)10-17-20-11-13(3)18-15(8-9-19)14-6-4-5-7-16(14)21(17)18/h4-7,11-12H,8-10H2,1-3H3. The van der Waals surface area contributed by atoms with Gasteiger partial charge in [-0.2, -0.15) is 0 Å². The van der Waals surface area contributed by atoms with Crippen molar-refractivity contribution in [3.63, 3.8) is 0 Å². The predicted octanol–water partition coefficient (Wildman–Crippen LogP) is 4.78. The minimum Gasteiger partial charge on any atom is -0.297 e. The van der Waals surface area contributed by atoms with E-state index in [2.05, 4.69) is 49.4 Å². The van der Waals surface area contributed by atoms with Gasteiger partial charge in [0.15, 0.2) is 0 Å². The molecule has 0 saturated carbocycles. The lowest BCUT2D eigenvalue weighted by Gasteiger charge is -2.11. The molecule has 2 aromatic heterocycles. The summed E-state index contributed by atoms with van der Waals surface area (Å²) in [5, 5.41) is 1.30. The van der Waals surface area contributed by atoms with E-state index in [0.717, 1.165) is 18.7 Å². The van der Waals surface area contributed by atoms with Crippen LogP contribution < -0.4 is 0 Å². The minimum absolute atomic E-state index is 0.584. The highest BCUT2D eigenvalue weighted by Gasteiger charge is 2.16. The van der Waals surface area contributed by atoms with E-state index in [1.807, 2.05) is 6.20 Å². The second-order valence-electron chi connectivity index (χ2n) is 6.07. The van der Waals surface area contributed by atoms with Gasteiger partial charge in [0, 0.05) is 23.9 Å². The zero-order chi connectivity index (χ0) is 15.0. The fraction of sp³-hybridized carbons (Fsp3) is 0.389. The summed E-state index contributed by atoms with van der Waals surface area (Å²) >= 11 is 6.05. The quantitative estimate of drug-likeness (QED) is 0.634. The van der Waals surface area contributed by atoms with Gasteiger partial charge in [-0.15, -0.1) is 11.6 Å². The molecule has 2 nitrogen and oxygen atoms in total. The maximum Gasteiger partial charge on any atom is 0.113 e. The molecule has 0 saturated heterocycles. The molecule has 110 valence electrons. The Morgan fingerprint density at radius 3 is 2.71 bits per heavy atom. The first-order valence-corrected chi connectivity index (χ1v) is 8.09. The Hall–Kier alpha value is -1.54. The molecule has 0 aliphatic rings. The van der Waals surface area contributed by atoms with E-state index in [1.54, 1.807) is 0 Å². The van der Waals surface area contributed by atoms with Crippen LogP contribution >= 0.6 is 11.6 Å². The second-order valence-corrected chi connectivity index (χ2v) is 6.45. The van der Waals surface area contributed by atoms with Crippen molar-refractivity contribution in [2.45, 2.75) is 33.6 Å². The van der Waals surface area contributed by atoms with Crippen LogP contribution in [0.2, 0.25) is 0 Å². The van der Waals surface area contributed by atoms with Gasteiger partial charge >= 0.3 is 0 Å². The summed E-state index contributed by atoms with van der Waals surface area (Å²) in [4.78, 5) is 4.70. The van der Waals surface area contributed by atoms with Gasteiger partial charge in [-0.3, -0.25) is 4.40 Å². The maximum atomic E-state index is 6.05. The van der Waals surface area contributed by atoms with Crippen molar-refractivity contribution < 1.29 is 0 Å². The monoisotopic (exact) mass is 300 g/mol. The Bertz CT molecular complexity index is 787. The van der Waals surface area contributed by atoms with Crippen LogP contribution in [0.5, 0.6) is 0 Å². The van der Waals surface area contributed by atoms with E-state index in [0.29, 0.717) is 11.8 Å². The fourth-order valence-electron chi connectivity index (χ4n) is 3.14. The maximum absolute atomic E-state index is 6.05. The number of rotatable bonds is 4. The van der Waals surface area contributed by atoms with Gasteiger partial charge in [-0.1, -0.05) is 32.0 Å². The second kappa shape index (κ2) is 5.69. The Balaban J connectivity index is 2.43. The molecule has 0 atom stereocenters. The predicted molar refractivity (Wildman–Crippen MR) is 90.4 cm³/mol. The number of aromatic nitrogens is 2. The van der Waals surface area contributed by atoms with Crippen LogP contribution in [0.25, 0.3) is 16.4 Å². The smallest absolute Gasteiger partial charge is 0.113 e. The van der Waals surface area contributed by atoms with E-state index in [4.69, 9.17) is 16.6 Å². The number of alkyl halides is 1. The highest BCUT2D eigenvalue weighted by Crippen LogP contribution is 2.30. The number of hydrogen-bond acceptors (Lipinski definition) is 1. The lowest BCUT2D eigenvalue weighted by atomic mass is 10.1. The first-order chi connectivity index (χ1) is 10.1. The van der Waals surface area contributed by atoms with Crippen LogP contribution in [-0.2, 0) is 12.8 Å². The van der Waals surface area contributed by atoms with Crippen LogP contribution in [-0.4, -0.2) is 15.3 Å². The zero-order valence-corrected chi connectivity index (χ0v) is 13.6. The number of halogens is 1. The lowest BCUT2D eigenvalue weighted by molar-refractivity contribution is 0.616. The molecule has 3 aromatic rings. The number of fused-ring (bicyclic) bond motifs is 3. The Morgan fingerprint density at radius 2 is 2.00 bits per heavy atom. The molecule has 3 heteroatoms. The number of para-hydroxylation sites is 1. The highest BCUT2D eigenvalue weighted by atomic mass is 35.5. The molecule has 2 heterocycles. The lowest BCUT2D eigenvalue weighted by Crippen LogP contribution is -2.06. The summed E-state index contributed by atoms with van der Waals surface area (Å²) in [6.07, 6.45) is 3.88. The van der Waals surface area contributed by atoms with Crippen molar-refractivity contribution in [1.29, 1.82) is 0 Å². The molecule has 0 fully saturated rings. The SMILES string of the molecule is Cc1cnc(CC(C)C)n2c1c(CCCl)c1ccccc12. The molecule has 1 aromatic carbocycles. The van der Waals surface area contributed by atoms with E-state index in [1.165, 1.54) is 27.5 Å². The van der Waals surface area contributed by atoms with Crippen LogP contribution in [0.15, 0.2) is 30.5 Å². The zero-order valence-electron chi connectivity index (χ0n) is 12.9. The summed E-state index contributed by atoms with van der Waals surface area (Å²) in [6, 6.07) is 8.58. The van der Waals surface area contributed by atoms with Gasteiger partial charge in [0.1, 0.15) is 5.82 Å². The molecule has 0 amide bonds. The Morgan fingerprint density at radius 1 is 1.24 bits per heavy atom. The average Bonchev–Trinajstić information content (AvgIpc) is 2.78. The summed E-state index contributed by atoms with van der Waals surface area (Å²) in [5.41, 5.74) is 5.12. The fourth-order valence-corrected chi connectivity index (χ4v) is 3.33. The van der Waals surface area contributed by atoms with Crippen LogP contribution in [0.1, 0.15) is 30.8 Å². The van der Waals surface area contributed by atoms with Gasteiger partial charge < -0.3 is 0 Å². The summed E-state index contributed by atoms with van der Waals surface area (Å²) in [7, 11) is 0. The molecule has 0 radical (unpaired) electrons. The van der Waals surface area contributed by atoms with Gasteiger partial charge in [0.2, 0.25) is 0 Å². The van der Waals surface area contributed by atoms with Crippen molar-refractivity contribution in [1.82, 2.24) is 9.38 Å². The van der Waals surface area contributed by atoms with Crippen molar-refractivity contribution >= 4 is 28.0 Å². The number of aryl methyl sites for hydroxylation is 2. The molecule has 21 heavy (non-hydrogen) atoms. The molecule has 0 unspecified atom stereocenters. The minimum atomic E-state index is 0.584. The number of hydrogen-bond donors (Lipinski definition) is 0. The summed E-state index contributed by atoms with van der Waals surface area (Å²) < 4.78 is 2.34. The summed E-state index contributed by atoms with van der Waals surface area (Å²) in [6.45, 7) is 6.61. The first-order valence-electron chi connectivity index (χ1n) is 7.56. The van der Waals surface area contributed by atoms with Crippen molar-refractivity contribution in [2.24, 2.45) is 5.92 Å². The Labute approximate surface area is 130 Å². The van der Waals surface area contributed by atoms with Gasteiger partial charge in [0.25, 0.3) is 0 Å². The van der Waals surface area contributed by atoms with Gasteiger partial charge in [-0.25, -0.2) is 4.98 Å². The molecule has 0 spiro atoms. The largest absolute Gasteiger partial charge is 0.297 e. The van der Waals surface area contributed by atoms with Crippen LogP contribution in [0.3, 0.4) is 0 Å². The van der Waals surface area contributed by atoms with Crippen molar-refractivity contribution in [3.8, 4) is 0 Å². The number of benzene rings is 1. The first kappa shape index (κ1) is 14.4. The summed E-state index contributed by atoms with van der Waals surface area (Å²) in [5.74, 6) is 2.37. The van der Waals surface area contributed by atoms with Crippen molar-refractivity contribution in [2.75, 3.05) is 5.88 Å². The van der Waals surface area contributed by atoms with Crippen LogP contribution in [0, 0.1) is 12.8 Å². The molecule has 0 aliphatic heterocycles. The average molecular weight is 301 g/mol.